The fourth-order valence-electron chi connectivity index (χ4n) is 1.07. The van der Waals surface area contributed by atoms with Gasteiger partial charge in [-0.25, -0.2) is 9.97 Å². The lowest BCUT2D eigenvalue weighted by atomic mass is 10.4. The Morgan fingerprint density at radius 3 is 2.57 bits per heavy atom. The molecule has 0 unspecified atom stereocenters. The first-order valence-electron chi connectivity index (χ1n) is 4.10. The van der Waals surface area contributed by atoms with E-state index < -0.39 is 0 Å². The first-order chi connectivity index (χ1) is 6.68. The second-order valence-corrected chi connectivity index (χ2v) is 3.03. The Morgan fingerprint density at radius 2 is 1.86 bits per heavy atom. The van der Waals surface area contributed by atoms with Crippen molar-refractivity contribution in [2.75, 3.05) is 24.7 Å². The highest BCUT2D eigenvalue weighted by atomic mass is 15.2. The van der Waals surface area contributed by atoms with Gasteiger partial charge in [0.25, 0.3) is 0 Å². The molecule has 0 saturated carbocycles. The number of nitrogen functional groups attached to an aromatic ring is 1. The zero-order valence-corrected chi connectivity index (χ0v) is 7.97. The second-order valence-electron chi connectivity index (χ2n) is 3.03. The fraction of sp³-hybridized carbons (Fsp3) is 0.250. The average molecular weight is 190 g/mol. The van der Waals surface area contributed by atoms with E-state index in [1.54, 1.807) is 17.3 Å². The highest BCUT2D eigenvalue weighted by Gasteiger charge is 2.07. The molecule has 0 bridgehead atoms. The summed E-state index contributed by atoms with van der Waals surface area (Å²) in [5.41, 5.74) is 6.77. The van der Waals surface area contributed by atoms with Crippen LogP contribution in [0.25, 0.3) is 11.2 Å². The maximum Gasteiger partial charge on any atom is 0.228 e. The second kappa shape index (κ2) is 3.06. The first kappa shape index (κ1) is 8.61. The molecular weight excluding hydrogens is 180 g/mol. The van der Waals surface area contributed by atoms with Gasteiger partial charge in [0.1, 0.15) is 5.52 Å². The molecule has 2 aromatic heterocycles. The van der Waals surface area contributed by atoms with Crippen molar-refractivity contribution < 1.29 is 0 Å². The van der Waals surface area contributed by atoms with Crippen LogP contribution in [0.15, 0.2) is 12.4 Å². The molecule has 0 spiro atoms. The van der Waals surface area contributed by atoms with E-state index >= 15 is 0 Å². The van der Waals surface area contributed by atoms with Crippen LogP contribution in [-0.4, -0.2) is 34.0 Å². The third-order valence-electron chi connectivity index (χ3n) is 1.75. The number of aromatic nitrogens is 4. The van der Waals surface area contributed by atoms with Crippen LogP contribution in [0, 0.1) is 0 Å². The van der Waals surface area contributed by atoms with Gasteiger partial charge in [0.2, 0.25) is 5.95 Å². The van der Waals surface area contributed by atoms with Gasteiger partial charge in [-0.05, 0) is 0 Å². The van der Waals surface area contributed by atoms with E-state index in [0.717, 1.165) is 0 Å². The summed E-state index contributed by atoms with van der Waals surface area (Å²) in [6, 6.07) is 0. The van der Waals surface area contributed by atoms with Crippen molar-refractivity contribution in [3.63, 3.8) is 0 Å². The zero-order valence-electron chi connectivity index (χ0n) is 7.97. The van der Waals surface area contributed by atoms with Gasteiger partial charge < -0.3 is 10.6 Å². The van der Waals surface area contributed by atoms with E-state index in [0.29, 0.717) is 22.9 Å². The third-order valence-corrected chi connectivity index (χ3v) is 1.75. The molecule has 0 aliphatic carbocycles. The maximum absolute atomic E-state index is 5.71. The average Bonchev–Trinajstić information content (AvgIpc) is 2.17. The summed E-state index contributed by atoms with van der Waals surface area (Å²) in [6.45, 7) is 0. The van der Waals surface area contributed by atoms with Crippen molar-refractivity contribution in [3.05, 3.63) is 12.4 Å². The van der Waals surface area contributed by atoms with Gasteiger partial charge in [-0.3, -0.25) is 0 Å². The smallest absolute Gasteiger partial charge is 0.228 e. The number of anilines is 2. The molecule has 0 aromatic carbocycles. The predicted molar refractivity (Wildman–Crippen MR) is 53.9 cm³/mol. The lowest BCUT2D eigenvalue weighted by molar-refractivity contribution is 1.01. The minimum absolute atomic E-state index is 0.354. The van der Waals surface area contributed by atoms with Crippen molar-refractivity contribution in [1.82, 2.24) is 19.9 Å². The predicted octanol–water partition coefficient (Wildman–Crippen LogP) is 0.0680. The van der Waals surface area contributed by atoms with E-state index in [1.165, 1.54) is 0 Å². The Hall–Kier alpha value is -1.98. The molecule has 0 aliphatic rings. The Balaban J connectivity index is 2.72. The quantitative estimate of drug-likeness (QED) is 0.685. The molecule has 6 nitrogen and oxygen atoms in total. The van der Waals surface area contributed by atoms with Crippen LogP contribution in [0.3, 0.4) is 0 Å². The molecule has 0 saturated heterocycles. The van der Waals surface area contributed by atoms with Gasteiger partial charge in [-0.15, -0.1) is 0 Å². The summed E-state index contributed by atoms with van der Waals surface area (Å²) in [5, 5.41) is 0. The van der Waals surface area contributed by atoms with Crippen molar-refractivity contribution in [1.29, 1.82) is 0 Å². The van der Waals surface area contributed by atoms with Crippen LogP contribution in [0.2, 0.25) is 0 Å². The van der Waals surface area contributed by atoms with E-state index in [1.807, 2.05) is 14.1 Å². The van der Waals surface area contributed by atoms with Crippen molar-refractivity contribution in [3.8, 4) is 0 Å². The number of fused-ring (bicyclic) bond motifs is 1. The Kier molecular flexibility index (Phi) is 1.88. The van der Waals surface area contributed by atoms with Gasteiger partial charge in [-0.2, -0.15) is 9.97 Å². The van der Waals surface area contributed by atoms with E-state index in [2.05, 4.69) is 19.9 Å². The summed E-state index contributed by atoms with van der Waals surface area (Å²) in [4.78, 5) is 18.2. The summed E-state index contributed by atoms with van der Waals surface area (Å²) >= 11 is 0. The molecule has 2 aromatic rings. The lowest BCUT2D eigenvalue weighted by Crippen LogP contribution is -2.14. The van der Waals surface area contributed by atoms with Crippen LogP contribution >= 0.6 is 0 Å². The highest BCUT2D eigenvalue weighted by molar-refractivity contribution is 5.81. The van der Waals surface area contributed by atoms with Gasteiger partial charge in [0.15, 0.2) is 11.5 Å². The molecule has 0 aliphatic heterocycles. The highest BCUT2D eigenvalue weighted by Crippen LogP contribution is 2.15. The van der Waals surface area contributed by atoms with Crippen molar-refractivity contribution >= 4 is 22.9 Å². The zero-order chi connectivity index (χ0) is 10.1. The van der Waals surface area contributed by atoms with Crippen LogP contribution in [-0.2, 0) is 0 Å². The summed E-state index contributed by atoms with van der Waals surface area (Å²) in [6.07, 6.45) is 3.14. The normalized spacial score (nSPS) is 10.4. The largest absolute Gasteiger partial charge is 0.382 e. The molecule has 0 amide bonds. The lowest BCUT2D eigenvalue weighted by Gasteiger charge is -2.10. The van der Waals surface area contributed by atoms with E-state index in [9.17, 15) is 0 Å². The van der Waals surface area contributed by atoms with Gasteiger partial charge in [0, 0.05) is 26.5 Å². The van der Waals surface area contributed by atoms with Crippen LogP contribution in [0.1, 0.15) is 0 Å². The molecule has 0 atom stereocenters. The molecular formula is C8H10N6. The summed E-state index contributed by atoms with van der Waals surface area (Å²) in [7, 11) is 3.69. The molecule has 2 N–H and O–H groups in total. The van der Waals surface area contributed by atoms with Crippen molar-refractivity contribution in [2.45, 2.75) is 0 Å². The van der Waals surface area contributed by atoms with E-state index in [-0.39, 0.29) is 0 Å². The molecule has 6 heteroatoms. The van der Waals surface area contributed by atoms with E-state index in [4.69, 9.17) is 5.73 Å². The molecule has 2 rings (SSSR count). The fourth-order valence-corrected chi connectivity index (χ4v) is 1.07. The van der Waals surface area contributed by atoms with Gasteiger partial charge in [0.05, 0.1) is 0 Å². The van der Waals surface area contributed by atoms with Crippen LogP contribution in [0.5, 0.6) is 0 Å². The molecule has 0 fully saturated rings. The molecule has 14 heavy (non-hydrogen) atoms. The standard InChI is InChI=1S/C8H10N6/c1-14(2)8-12-6(9)5-7(13-8)11-4-3-10-5/h3-4H,1-2H3,(H2,9,11,12,13). The topological polar surface area (TPSA) is 80.8 Å². The number of hydrogen-bond donors (Lipinski definition) is 1. The number of hydrogen-bond acceptors (Lipinski definition) is 6. The molecule has 2 heterocycles. The summed E-state index contributed by atoms with van der Waals surface area (Å²) in [5.74, 6) is 0.891. The third kappa shape index (κ3) is 1.30. The summed E-state index contributed by atoms with van der Waals surface area (Å²) < 4.78 is 0. The minimum Gasteiger partial charge on any atom is -0.382 e. The number of nitrogens with zero attached hydrogens (tertiary/aromatic N) is 5. The van der Waals surface area contributed by atoms with Gasteiger partial charge >= 0.3 is 0 Å². The number of nitrogens with two attached hydrogens (primary N) is 1. The Morgan fingerprint density at radius 1 is 1.14 bits per heavy atom. The Bertz CT molecular complexity index is 466. The van der Waals surface area contributed by atoms with Crippen molar-refractivity contribution in [2.24, 2.45) is 0 Å². The maximum atomic E-state index is 5.71. The van der Waals surface area contributed by atoms with Gasteiger partial charge in [-0.1, -0.05) is 0 Å². The van der Waals surface area contributed by atoms with Crippen LogP contribution < -0.4 is 10.6 Å². The molecule has 72 valence electrons. The SMILES string of the molecule is CN(C)c1nc(N)c2nccnc2n1. The monoisotopic (exact) mass is 190 g/mol. The van der Waals surface area contributed by atoms with Crippen LogP contribution in [0.4, 0.5) is 11.8 Å². The molecule has 0 radical (unpaired) electrons. The first-order valence-corrected chi connectivity index (χ1v) is 4.10. The minimum atomic E-state index is 0.354. The number of rotatable bonds is 1. The Labute approximate surface area is 80.8 Å².